The fraction of sp³-hybridized carbons (Fsp3) is 0.125. The lowest BCUT2D eigenvalue weighted by Gasteiger charge is -2.04. The lowest BCUT2D eigenvalue weighted by Crippen LogP contribution is -2.11. The molecule has 0 bridgehead atoms. The Morgan fingerprint density at radius 1 is 1.47 bits per heavy atom. The van der Waals surface area contributed by atoms with Gasteiger partial charge in [0.25, 0.3) is 0 Å². The minimum absolute atomic E-state index is 0.393. The molecule has 7 heteroatoms. The SMILES string of the molecule is NNc1nccc(NCc2cncs2)n1. The second kappa shape index (κ2) is 4.67. The highest BCUT2D eigenvalue weighted by atomic mass is 32.1. The van der Waals surface area contributed by atoms with Crippen LogP contribution in [0.3, 0.4) is 0 Å². The van der Waals surface area contributed by atoms with Crippen molar-refractivity contribution < 1.29 is 0 Å². The van der Waals surface area contributed by atoms with Crippen molar-refractivity contribution in [2.75, 3.05) is 10.7 Å². The van der Waals surface area contributed by atoms with Gasteiger partial charge in [0.2, 0.25) is 5.95 Å². The molecule has 0 unspecified atom stereocenters. The lowest BCUT2D eigenvalue weighted by atomic mass is 10.5. The molecule has 0 aliphatic rings. The molecule has 0 saturated carbocycles. The molecular formula is C8H10N6S. The Labute approximate surface area is 90.6 Å². The van der Waals surface area contributed by atoms with Crippen LogP contribution in [0, 0.1) is 0 Å². The third-order valence-corrected chi connectivity index (χ3v) is 2.49. The summed E-state index contributed by atoms with van der Waals surface area (Å²) in [4.78, 5) is 13.2. The minimum Gasteiger partial charge on any atom is -0.365 e. The van der Waals surface area contributed by atoms with Crippen LogP contribution in [0.1, 0.15) is 4.88 Å². The van der Waals surface area contributed by atoms with Crippen molar-refractivity contribution in [3.63, 3.8) is 0 Å². The maximum absolute atomic E-state index is 5.20. The van der Waals surface area contributed by atoms with E-state index in [4.69, 9.17) is 5.84 Å². The van der Waals surface area contributed by atoms with Gasteiger partial charge in [0.1, 0.15) is 5.82 Å². The predicted octanol–water partition coefficient (Wildman–Crippen LogP) is 0.831. The molecule has 0 spiro atoms. The zero-order valence-corrected chi connectivity index (χ0v) is 8.66. The summed E-state index contributed by atoms with van der Waals surface area (Å²) >= 11 is 1.59. The minimum atomic E-state index is 0.393. The highest BCUT2D eigenvalue weighted by molar-refractivity contribution is 7.09. The number of rotatable bonds is 4. The van der Waals surface area contributed by atoms with E-state index in [0.717, 1.165) is 10.7 Å². The van der Waals surface area contributed by atoms with Gasteiger partial charge >= 0.3 is 0 Å². The summed E-state index contributed by atoms with van der Waals surface area (Å²) < 4.78 is 0. The van der Waals surface area contributed by atoms with E-state index in [2.05, 4.69) is 25.7 Å². The molecule has 0 aliphatic carbocycles. The Morgan fingerprint density at radius 3 is 3.13 bits per heavy atom. The van der Waals surface area contributed by atoms with Gasteiger partial charge in [-0.25, -0.2) is 10.8 Å². The van der Waals surface area contributed by atoms with Crippen molar-refractivity contribution in [1.82, 2.24) is 15.0 Å². The number of nitrogens with zero attached hydrogens (tertiary/aromatic N) is 3. The van der Waals surface area contributed by atoms with Crippen molar-refractivity contribution in [1.29, 1.82) is 0 Å². The lowest BCUT2D eigenvalue weighted by molar-refractivity contribution is 1.07. The summed E-state index contributed by atoms with van der Waals surface area (Å²) in [7, 11) is 0. The van der Waals surface area contributed by atoms with E-state index < -0.39 is 0 Å². The molecule has 78 valence electrons. The molecule has 15 heavy (non-hydrogen) atoms. The average Bonchev–Trinajstić information content (AvgIpc) is 2.79. The van der Waals surface area contributed by atoms with Crippen LogP contribution < -0.4 is 16.6 Å². The summed E-state index contributed by atoms with van der Waals surface area (Å²) in [6, 6.07) is 1.78. The van der Waals surface area contributed by atoms with E-state index in [1.807, 2.05) is 6.20 Å². The number of aromatic nitrogens is 3. The first-order valence-electron chi connectivity index (χ1n) is 4.29. The number of hydrazine groups is 1. The van der Waals surface area contributed by atoms with Crippen molar-refractivity contribution >= 4 is 23.1 Å². The number of thiazole rings is 1. The van der Waals surface area contributed by atoms with Gasteiger partial charge in [-0.05, 0) is 6.07 Å². The first-order valence-corrected chi connectivity index (χ1v) is 5.17. The molecule has 6 nitrogen and oxygen atoms in total. The Hall–Kier alpha value is -1.73. The van der Waals surface area contributed by atoms with E-state index in [-0.39, 0.29) is 0 Å². The smallest absolute Gasteiger partial charge is 0.239 e. The largest absolute Gasteiger partial charge is 0.365 e. The molecule has 4 N–H and O–H groups in total. The number of anilines is 2. The Bertz CT molecular complexity index is 415. The first kappa shape index (κ1) is 9.81. The van der Waals surface area contributed by atoms with Gasteiger partial charge in [0.15, 0.2) is 0 Å². The molecule has 0 radical (unpaired) electrons. The second-order valence-corrected chi connectivity index (χ2v) is 3.70. The normalized spacial score (nSPS) is 9.93. The Balaban J connectivity index is 1.98. The molecule has 2 heterocycles. The topological polar surface area (TPSA) is 88.8 Å². The van der Waals surface area contributed by atoms with E-state index >= 15 is 0 Å². The molecule has 0 saturated heterocycles. The zero-order chi connectivity index (χ0) is 10.5. The second-order valence-electron chi connectivity index (χ2n) is 2.73. The fourth-order valence-corrected chi connectivity index (χ4v) is 1.57. The number of hydrogen-bond donors (Lipinski definition) is 3. The molecule has 2 rings (SSSR count). The third-order valence-electron chi connectivity index (χ3n) is 1.71. The van der Waals surface area contributed by atoms with Gasteiger partial charge in [-0.2, -0.15) is 4.98 Å². The maximum Gasteiger partial charge on any atom is 0.239 e. The van der Waals surface area contributed by atoms with E-state index in [0.29, 0.717) is 12.5 Å². The maximum atomic E-state index is 5.20. The van der Waals surface area contributed by atoms with Gasteiger partial charge in [-0.15, -0.1) is 11.3 Å². The summed E-state index contributed by atoms with van der Waals surface area (Å²) in [6.45, 7) is 0.700. The zero-order valence-electron chi connectivity index (χ0n) is 7.84. The number of nitrogens with two attached hydrogens (primary N) is 1. The van der Waals surface area contributed by atoms with E-state index in [1.165, 1.54) is 0 Å². The summed E-state index contributed by atoms with van der Waals surface area (Å²) in [5, 5.41) is 3.15. The van der Waals surface area contributed by atoms with Gasteiger partial charge in [0.05, 0.1) is 12.1 Å². The summed E-state index contributed by atoms with van der Waals surface area (Å²) in [5.41, 5.74) is 4.18. The Morgan fingerprint density at radius 2 is 2.40 bits per heavy atom. The number of hydrogen-bond acceptors (Lipinski definition) is 7. The quantitative estimate of drug-likeness (QED) is 0.524. The molecule has 0 aromatic carbocycles. The van der Waals surface area contributed by atoms with Gasteiger partial charge in [0, 0.05) is 17.3 Å². The Kier molecular flexibility index (Phi) is 3.05. The summed E-state index contributed by atoms with van der Waals surface area (Å²) in [5.74, 6) is 6.32. The van der Waals surface area contributed by atoms with Crippen molar-refractivity contribution in [2.24, 2.45) is 5.84 Å². The molecule has 0 aliphatic heterocycles. The molecule has 0 amide bonds. The van der Waals surface area contributed by atoms with Crippen LogP contribution in [0.5, 0.6) is 0 Å². The third kappa shape index (κ3) is 2.61. The molecular weight excluding hydrogens is 212 g/mol. The highest BCUT2D eigenvalue weighted by Crippen LogP contribution is 2.09. The first-order chi connectivity index (χ1) is 7.38. The molecule has 2 aromatic rings. The van der Waals surface area contributed by atoms with Crippen LogP contribution in [0.15, 0.2) is 24.0 Å². The van der Waals surface area contributed by atoms with E-state index in [9.17, 15) is 0 Å². The van der Waals surface area contributed by atoms with Gasteiger partial charge < -0.3 is 5.32 Å². The van der Waals surface area contributed by atoms with Crippen molar-refractivity contribution in [3.8, 4) is 0 Å². The van der Waals surface area contributed by atoms with Crippen LogP contribution in [0.25, 0.3) is 0 Å². The number of nitrogens with one attached hydrogen (secondary N) is 2. The van der Waals surface area contributed by atoms with Crippen LogP contribution in [0.4, 0.5) is 11.8 Å². The van der Waals surface area contributed by atoms with Crippen molar-refractivity contribution in [2.45, 2.75) is 6.54 Å². The predicted molar refractivity (Wildman–Crippen MR) is 59.3 cm³/mol. The van der Waals surface area contributed by atoms with E-state index in [1.54, 1.807) is 29.1 Å². The average molecular weight is 222 g/mol. The van der Waals surface area contributed by atoms with Crippen LogP contribution in [-0.2, 0) is 6.54 Å². The standard InChI is InChI=1S/C8H10N6S/c9-14-8-11-2-1-7(13-8)12-4-6-3-10-5-15-6/h1-3,5H,4,9H2,(H2,11,12,13,14). The number of nitrogen functional groups attached to an aromatic ring is 1. The highest BCUT2D eigenvalue weighted by Gasteiger charge is 1.98. The van der Waals surface area contributed by atoms with Crippen LogP contribution in [-0.4, -0.2) is 15.0 Å². The summed E-state index contributed by atoms with van der Waals surface area (Å²) in [6.07, 6.45) is 3.46. The van der Waals surface area contributed by atoms with Gasteiger partial charge in [-0.3, -0.25) is 10.4 Å². The fourth-order valence-electron chi connectivity index (χ4n) is 1.03. The van der Waals surface area contributed by atoms with Crippen LogP contribution >= 0.6 is 11.3 Å². The monoisotopic (exact) mass is 222 g/mol. The molecule has 0 fully saturated rings. The van der Waals surface area contributed by atoms with Crippen molar-refractivity contribution in [3.05, 3.63) is 28.8 Å². The molecule has 2 aromatic heterocycles. The van der Waals surface area contributed by atoms with Gasteiger partial charge in [-0.1, -0.05) is 0 Å². The molecule has 0 atom stereocenters. The van der Waals surface area contributed by atoms with Crippen LogP contribution in [0.2, 0.25) is 0 Å².